The van der Waals surface area contributed by atoms with E-state index in [1.807, 2.05) is 7.05 Å². The standard InChI is InChI=1S/C11H16FNO/c1-13-7-2-8-14-9-10-3-5-11(12)6-4-10/h3-6,13H,2,7-9H2,1H3. The first-order valence-electron chi connectivity index (χ1n) is 4.79. The van der Waals surface area contributed by atoms with E-state index in [-0.39, 0.29) is 5.82 Å². The van der Waals surface area contributed by atoms with E-state index in [0.29, 0.717) is 6.61 Å². The minimum absolute atomic E-state index is 0.205. The Morgan fingerprint density at radius 3 is 2.64 bits per heavy atom. The minimum Gasteiger partial charge on any atom is -0.377 e. The number of rotatable bonds is 6. The van der Waals surface area contributed by atoms with E-state index in [4.69, 9.17) is 4.74 Å². The second-order valence-electron chi connectivity index (χ2n) is 3.14. The minimum atomic E-state index is -0.205. The second kappa shape index (κ2) is 6.51. The lowest BCUT2D eigenvalue weighted by molar-refractivity contribution is 0.119. The fourth-order valence-electron chi connectivity index (χ4n) is 1.12. The molecule has 1 N–H and O–H groups in total. The first-order valence-corrected chi connectivity index (χ1v) is 4.79. The Balaban J connectivity index is 2.15. The highest BCUT2D eigenvalue weighted by atomic mass is 19.1. The van der Waals surface area contributed by atoms with Crippen LogP contribution >= 0.6 is 0 Å². The van der Waals surface area contributed by atoms with E-state index >= 15 is 0 Å². The lowest BCUT2D eigenvalue weighted by Gasteiger charge is -2.03. The Kier molecular flexibility index (Phi) is 5.19. The van der Waals surface area contributed by atoms with Crippen LogP contribution in [0.25, 0.3) is 0 Å². The number of benzene rings is 1. The Morgan fingerprint density at radius 2 is 2.00 bits per heavy atom. The van der Waals surface area contributed by atoms with Crippen molar-refractivity contribution in [2.24, 2.45) is 0 Å². The zero-order valence-electron chi connectivity index (χ0n) is 8.42. The van der Waals surface area contributed by atoms with Gasteiger partial charge in [-0.3, -0.25) is 0 Å². The fourth-order valence-corrected chi connectivity index (χ4v) is 1.12. The molecule has 3 heteroatoms. The Hall–Kier alpha value is -0.930. The third-order valence-electron chi connectivity index (χ3n) is 1.90. The molecule has 0 heterocycles. The number of hydrogen-bond acceptors (Lipinski definition) is 2. The molecule has 0 unspecified atom stereocenters. The summed E-state index contributed by atoms with van der Waals surface area (Å²) >= 11 is 0. The Labute approximate surface area is 84.1 Å². The summed E-state index contributed by atoms with van der Waals surface area (Å²) in [6, 6.07) is 6.39. The van der Waals surface area contributed by atoms with Gasteiger partial charge in [-0.25, -0.2) is 4.39 Å². The summed E-state index contributed by atoms with van der Waals surface area (Å²) in [5.74, 6) is -0.205. The largest absolute Gasteiger partial charge is 0.377 e. The van der Waals surface area contributed by atoms with Gasteiger partial charge in [-0.2, -0.15) is 0 Å². The second-order valence-corrected chi connectivity index (χ2v) is 3.14. The van der Waals surface area contributed by atoms with E-state index in [1.165, 1.54) is 12.1 Å². The van der Waals surface area contributed by atoms with Gasteiger partial charge in [0.15, 0.2) is 0 Å². The van der Waals surface area contributed by atoms with E-state index < -0.39 is 0 Å². The summed E-state index contributed by atoms with van der Waals surface area (Å²) in [7, 11) is 1.92. The van der Waals surface area contributed by atoms with Crippen LogP contribution in [0.4, 0.5) is 4.39 Å². The van der Waals surface area contributed by atoms with Gasteiger partial charge in [-0.05, 0) is 37.7 Å². The zero-order chi connectivity index (χ0) is 10.2. The summed E-state index contributed by atoms with van der Waals surface area (Å²) in [6.45, 7) is 2.26. The van der Waals surface area contributed by atoms with Crippen molar-refractivity contribution in [1.82, 2.24) is 5.32 Å². The average molecular weight is 197 g/mol. The quantitative estimate of drug-likeness (QED) is 0.704. The van der Waals surface area contributed by atoms with Crippen LogP contribution < -0.4 is 5.32 Å². The number of ether oxygens (including phenoxy) is 1. The molecular weight excluding hydrogens is 181 g/mol. The summed E-state index contributed by atoms with van der Waals surface area (Å²) in [4.78, 5) is 0. The molecule has 0 amide bonds. The molecule has 0 aromatic heterocycles. The van der Waals surface area contributed by atoms with Crippen molar-refractivity contribution in [3.05, 3.63) is 35.6 Å². The molecule has 78 valence electrons. The predicted molar refractivity (Wildman–Crippen MR) is 54.6 cm³/mol. The molecule has 1 aromatic rings. The van der Waals surface area contributed by atoms with Crippen LogP contribution in [-0.2, 0) is 11.3 Å². The van der Waals surface area contributed by atoms with Crippen molar-refractivity contribution >= 4 is 0 Å². The molecule has 2 nitrogen and oxygen atoms in total. The number of hydrogen-bond donors (Lipinski definition) is 1. The van der Waals surface area contributed by atoms with Gasteiger partial charge in [0.25, 0.3) is 0 Å². The lowest BCUT2D eigenvalue weighted by atomic mass is 10.2. The molecule has 0 saturated heterocycles. The maximum Gasteiger partial charge on any atom is 0.123 e. The smallest absolute Gasteiger partial charge is 0.123 e. The fraction of sp³-hybridized carbons (Fsp3) is 0.455. The van der Waals surface area contributed by atoms with Gasteiger partial charge in [0.1, 0.15) is 5.82 Å². The molecule has 0 radical (unpaired) electrons. The van der Waals surface area contributed by atoms with Gasteiger partial charge in [0.2, 0.25) is 0 Å². The molecule has 1 rings (SSSR count). The highest BCUT2D eigenvalue weighted by Gasteiger charge is 1.93. The van der Waals surface area contributed by atoms with E-state index in [9.17, 15) is 4.39 Å². The third-order valence-corrected chi connectivity index (χ3v) is 1.90. The molecule has 0 aliphatic heterocycles. The van der Waals surface area contributed by atoms with Crippen molar-refractivity contribution in [3.63, 3.8) is 0 Å². The maximum absolute atomic E-state index is 12.5. The predicted octanol–water partition coefficient (Wildman–Crippen LogP) is 1.95. The van der Waals surface area contributed by atoms with Crippen LogP contribution in [-0.4, -0.2) is 20.2 Å². The SMILES string of the molecule is CNCCCOCc1ccc(F)cc1. The van der Waals surface area contributed by atoms with Crippen LogP contribution in [0.3, 0.4) is 0 Å². The average Bonchev–Trinajstić information content (AvgIpc) is 2.21. The van der Waals surface area contributed by atoms with Crippen molar-refractivity contribution in [1.29, 1.82) is 0 Å². The molecule has 0 aliphatic rings. The van der Waals surface area contributed by atoms with Gasteiger partial charge in [-0.15, -0.1) is 0 Å². The molecule has 0 atom stereocenters. The third kappa shape index (κ3) is 4.35. The molecule has 1 aromatic carbocycles. The highest BCUT2D eigenvalue weighted by molar-refractivity contribution is 5.14. The zero-order valence-corrected chi connectivity index (χ0v) is 8.42. The van der Waals surface area contributed by atoms with E-state index in [1.54, 1.807) is 12.1 Å². The normalized spacial score (nSPS) is 10.4. The molecule has 0 aliphatic carbocycles. The van der Waals surface area contributed by atoms with Crippen molar-refractivity contribution in [3.8, 4) is 0 Å². The van der Waals surface area contributed by atoms with Gasteiger partial charge >= 0.3 is 0 Å². The van der Waals surface area contributed by atoms with Crippen LogP contribution in [0, 0.1) is 5.82 Å². The Morgan fingerprint density at radius 1 is 1.29 bits per heavy atom. The van der Waals surface area contributed by atoms with Crippen LogP contribution in [0.15, 0.2) is 24.3 Å². The Bertz CT molecular complexity index is 248. The summed E-state index contributed by atoms with van der Waals surface area (Å²) < 4.78 is 17.9. The summed E-state index contributed by atoms with van der Waals surface area (Å²) in [5, 5.41) is 3.04. The van der Waals surface area contributed by atoms with Crippen molar-refractivity contribution in [2.45, 2.75) is 13.0 Å². The molecule has 0 saturated carbocycles. The molecule has 0 fully saturated rings. The molecule has 14 heavy (non-hydrogen) atoms. The topological polar surface area (TPSA) is 21.3 Å². The van der Waals surface area contributed by atoms with Gasteiger partial charge in [-0.1, -0.05) is 12.1 Å². The first-order chi connectivity index (χ1) is 6.83. The van der Waals surface area contributed by atoms with Gasteiger partial charge < -0.3 is 10.1 Å². The van der Waals surface area contributed by atoms with Crippen LogP contribution in [0.5, 0.6) is 0 Å². The highest BCUT2D eigenvalue weighted by Crippen LogP contribution is 2.04. The lowest BCUT2D eigenvalue weighted by Crippen LogP contribution is -2.10. The first kappa shape index (κ1) is 11.1. The molecule has 0 spiro atoms. The molecular formula is C11H16FNO. The van der Waals surface area contributed by atoms with Crippen LogP contribution in [0.2, 0.25) is 0 Å². The summed E-state index contributed by atoms with van der Waals surface area (Å²) in [6.07, 6.45) is 0.998. The van der Waals surface area contributed by atoms with Crippen molar-refractivity contribution in [2.75, 3.05) is 20.2 Å². The number of nitrogens with one attached hydrogen (secondary N) is 1. The van der Waals surface area contributed by atoms with E-state index in [0.717, 1.165) is 25.1 Å². The van der Waals surface area contributed by atoms with Gasteiger partial charge in [0, 0.05) is 6.61 Å². The summed E-state index contributed by atoms with van der Waals surface area (Å²) in [5.41, 5.74) is 1.01. The van der Waals surface area contributed by atoms with E-state index in [2.05, 4.69) is 5.32 Å². The van der Waals surface area contributed by atoms with Gasteiger partial charge in [0.05, 0.1) is 6.61 Å². The monoisotopic (exact) mass is 197 g/mol. The van der Waals surface area contributed by atoms with Crippen LogP contribution in [0.1, 0.15) is 12.0 Å². The number of halogens is 1. The maximum atomic E-state index is 12.5. The van der Waals surface area contributed by atoms with Crippen molar-refractivity contribution < 1.29 is 9.13 Å². The molecule has 0 bridgehead atoms.